The second-order valence-corrected chi connectivity index (χ2v) is 6.78. The van der Waals surface area contributed by atoms with Gasteiger partial charge in [-0.3, -0.25) is 0 Å². The van der Waals surface area contributed by atoms with Crippen LogP contribution in [0.3, 0.4) is 0 Å². The van der Waals surface area contributed by atoms with Crippen molar-refractivity contribution in [3.8, 4) is 17.2 Å². The van der Waals surface area contributed by atoms with Crippen molar-refractivity contribution in [3.63, 3.8) is 0 Å². The third-order valence-corrected chi connectivity index (χ3v) is 4.44. The zero-order valence-electron chi connectivity index (χ0n) is 15.0. The van der Waals surface area contributed by atoms with E-state index in [2.05, 4.69) is 11.1 Å². The fourth-order valence-corrected chi connectivity index (χ4v) is 2.91. The average Bonchev–Trinajstić information content (AvgIpc) is 2.69. The standard InChI is InChI=1S/C15H14ClN3O.C5H10O2/c16-14-8-19-15(18)6-13(14)12-3-1-2-10(5-12)4-11(7-17)9-20;6-5-2-1-3-7-4-5/h1-3,5-6,8,11,20H,4,9H2,(H2,18,19);5-6H,1-4H2. The lowest BCUT2D eigenvalue weighted by Crippen LogP contribution is -2.21. The number of pyridine rings is 1. The van der Waals surface area contributed by atoms with Crippen molar-refractivity contribution in [1.29, 1.82) is 5.26 Å². The molecular formula is C20H24ClN3O3. The van der Waals surface area contributed by atoms with Gasteiger partial charge in [0, 0.05) is 18.4 Å². The molecule has 2 aromatic rings. The molecule has 2 atom stereocenters. The van der Waals surface area contributed by atoms with Gasteiger partial charge < -0.3 is 20.7 Å². The summed E-state index contributed by atoms with van der Waals surface area (Å²) in [6.07, 6.45) is 3.76. The second-order valence-electron chi connectivity index (χ2n) is 6.37. The first-order valence-corrected chi connectivity index (χ1v) is 9.18. The van der Waals surface area contributed by atoms with E-state index in [1.165, 1.54) is 6.20 Å². The molecular weight excluding hydrogens is 366 g/mol. The van der Waals surface area contributed by atoms with Gasteiger partial charge in [-0.2, -0.15) is 5.26 Å². The Balaban J connectivity index is 0.000000313. The van der Waals surface area contributed by atoms with Crippen LogP contribution in [-0.2, 0) is 11.2 Å². The van der Waals surface area contributed by atoms with E-state index in [0.29, 0.717) is 23.9 Å². The number of nitrogen functional groups attached to an aromatic ring is 1. The number of hydrogen-bond acceptors (Lipinski definition) is 6. The molecule has 0 amide bonds. The van der Waals surface area contributed by atoms with Crippen LogP contribution in [0, 0.1) is 17.2 Å². The molecule has 0 saturated carbocycles. The molecule has 1 aromatic heterocycles. The maximum absolute atomic E-state index is 9.09. The minimum atomic E-state index is -0.400. The summed E-state index contributed by atoms with van der Waals surface area (Å²) in [6.45, 7) is 1.22. The van der Waals surface area contributed by atoms with Gasteiger partial charge in [0.15, 0.2) is 0 Å². The van der Waals surface area contributed by atoms with Crippen molar-refractivity contribution in [2.24, 2.45) is 5.92 Å². The molecule has 3 rings (SSSR count). The van der Waals surface area contributed by atoms with E-state index in [4.69, 9.17) is 37.5 Å². The van der Waals surface area contributed by atoms with Crippen LogP contribution in [0.4, 0.5) is 5.82 Å². The van der Waals surface area contributed by atoms with Gasteiger partial charge in [-0.05, 0) is 36.5 Å². The molecule has 2 heterocycles. The maximum Gasteiger partial charge on any atom is 0.124 e. The van der Waals surface area contributed by atoms with Crippen molar-refractivity contribution in [1.82, 2.24) is 4.98 Å². The van der Waals surface area contributed by atoms with E-state index >= 15 is 0 Å². The Hall–Kier alpha value is -2.17. The number of nitrogens with two attached hydrogens (primary N) is 1. The van der Waals surface area contributed by atoms with Gasteiger partial charge in [-0.15, -0.1) is 0 Å². The van der Waals surface area contributed by atoms with Gasteiger partial charge in [0.05, 0.1) is 36.3 Å². The molecule has 2 unspecified atom stereocenters. The van der Waals surface area contributed by atoms with E-state index in [0.717, 1.165) is 36.1 Å². The number of aliphatic hydroxyl groups excluding tert-OH is 2. The Labute approximate surface area is 164 Å². The van der Waals surface area contributed by atoms with Crippen LogP contribution in [0.1, 0.15) is 18.4 Å². The number of nitrogens with zero attached hydrogens (tertiary/aromatic N) is 2. The van der Waals surface area contributed by atoms with Gasteiger partial charge in [0.2, 0.25) is 0 Å². The van der Waals surface area contributed by atoms with Gasteiger partial charge in [0.25, 0.3) is 0 Å². The zero-order chi connectivity index (χ0) is 19.6. The highest BCUT2D eigenvalue weighted by atomic mass is 35.5. The van der Waals surface area contributed by atoms with Crippen molar-refractivity contribution in [2.75, 3.05) is 25.6 Å². The van der Waals surface area contributed by atoms with Gasteiger partial charge in [-0.25, -0.2) is 4.98 Å². The van der Waals surface area contributed by atoms with E-state index < -0.39 is 5.92 Å². The van der Waals surface area contributed by atoms with Crippen LogP contribution in [-0.4, -0.2) is 41.1 Å². The average molecular weight is 390 g/mol. The first-order chi connectivity index (χ1) is 13.0. The summed E-state index contributed by atoms with van der Waals surface area (Å²) in [5.74, 6) is 0.00305. The van der Waals surface area contributed by atoms with E-state index in [1.54, 1.807) is 6.07 Å². The van der Waals surface area contributed by atoms with Crippen molar-refractivity contribution >= 4 is 17.4 Å². The fraction of sp³-hybridized carbons (Fsp3) is 0.400. The van der Waals surface area contributed by atoms with Gasteiger partial charge >= 0.3 is 0 Å². The molecule has 0 radical (unpaired) electrons. The minimum Gasteiger partial charge on any atom is -0.395 e. The summed E-state index contributed by atoms with van der Waals surface area (Å²) in [7, 11) is 0. The molecule has 1 aliphatic rings. The molecule has 1 aromatic carbocycles. The smallest absolute Gasteiger partial charge is 0.124 e. The lowest BCUT2D eigenvalue weighted by molar-refractivity contribution is -0.00535. The normalized spacial score (nSPS) is 17.3. The molecule has 27 heavy (non-hydrogen) atoms. The number of nitriles is 1. The number of halogens is 1. The summed E-state index contributed by atoms with van der Waals surface area (Å²) in [4.78, 5) is 3.93. The predicted octanol–water partition coefficient (Wildman–Crippen LogP) is 2.82. The van der Waals surface area contributed by atoms with Crippen molar-refractivity contribution in [2.45, 2.75) is 25.4 Å². The van der Waals surface area contributed by atoms with Gasteiger partial charge in [-0.1, -0.05) is 35.9 Å². The lowest BCUT2D eigenvalue weighted by atomic mass is 9.97. The Morgan fingerprint density at radius 2 is 2.22 bits per heavy atom. The van der Waals surface area contributed by atoms with Crippen LogP contribution < -0.4 is 5.73 Å². The number of rotatable bonds is 4. The monoisotopic (exact) mass is 389 g/mol. The quantitative estimate of drug-likeness (QED) is 0.741. The summed E-state index contributed by atoms with van der Waals surface area (Å²) >= 11 is 6.13. The molecule has 6 nitrogen and oxygen atoms in total. The maximum atomic E-state index is 9.09. The minimum absolute atomic E-state index is 0.149. The Kier molecular flexibility index (Phi) is 8.49. The summed E-state index contributed by atoms with van der Waals surface area (Å²) in [6, 6.07) is 11.5. The number of ether oxygens (including phenoxy) is 1. The van der Waals surface area contributed by atoms with E-state index in [1.807, 2.05) is 24.3 Å². The molecule has 7 heteroatoms. The van der Waals surface area contributed by atoms with Crippen LogP contribution in [0.25, 0.3) is 11.1 Å². The van der Waals surface area contributed by atoms with E-state index in [-0.39, 0.29) is 12.7 Å². The first-order valence-electron chi connectivity index (χ1n) is 8.80. The number of benzene rings is 1. The second kappa shape index (κ2) is 10.9. The summed E-state index contributed by atoms with van der Waals surface area (Å²) < 4.78 is 4.93. The summed E-state index contributed by atoms with van der Waals surface area (Å²) in [5.41, 5.74) is 8.37. The Bertz CT molecular complexity index is 773. The van der Waals surface area contributed by atoms with Crippen LogP contribution in [0.15, 0.2) is 36.5 Å². The number of aliphatic hydroxyl groups is 2. The van der Waals surface area contributed by atoms with Crippen LogP contribution in [0.2, 0.25) is 5.02 Å². The molecule has 0 aliphatic carbocycles. The highest BCUT2D eigenvalue weighted by Gasteiger charge is 2.10. The fourth-order valence-electron chi connectivity index (χ4n) is 2.70. The Morgan fingerprint density at radius 3 is 2.81 bits per heavy atom. The van der Waals surface area contributed by atoms with Gasteiger partial charge in [0.1, 0.15) is 5.82 Å². The van der Waals surface area contributed by atoms with Crippen molar-refractivity contribution in [3.05, 3.63) is 47.1 Å². The predicted molar refractivity (Wildman–Crippen MR) is 105 cm³/mol. The highest BCUT2D eigenvalue weighted by Crippen LogP contribution is 2.29. The topological polar surface area (TPSA) is 112 Å². The van der Waals surface area contributed by atoms with Crippen LogP contribution in [0.5, 0.6) is 0 Å². The molecule has 0 spiro atoms. The van der Waals surface area contributed by atoms with Crippen molar-refractivity contribution < 1.29 is 14.9 Å². The third-order valence-electron chi connectivity index (χ3n) is 4.14. The van der Waals surface area contributed by atoms with E-state index in [9.17, 15) is 0 Å². The molecule has 144 valence electrons. The SMILES string of the molecule is N#CC(CO)Cc1cccc(-c2cc(N)ncc2Cl)c1.OC1CCCOC1. The molecule has 0 bridgehead atoms. The number of anilines is 1. The Morgan fingerprint density at radius 1 is 1.41 bits per heavy atom. The highest BCUT2D eigenvalue weighted by molar-refractivity contribution is 6.33. The summed E-state index contributed by atoms with van der Waals surface area (Å²) in [5, 5.41) is 27.3. The molecule has 1 fully saturated rings. The molecule has 4 N–H and O–H groups in total. The third kappa shape index (κ3) is 6.81. The number of hydrogen-bond donors (Lipinski definition) is 3. The molecule has 1 aliphatic heterocycles. The largest absolute Gasteiger partial charge is 0.395 e. The first kappa shape index (κ1) is 21.1. The number of aromatic nitrogens is 1. The zero-order valence-corrected chi connectivity index (χ0v) is 15.8. The molecule has 1 saturated heterocycles. The lowest BCUT2D eigenvalue weighted by Gasteiger charge is -2.15. The van der Waals surface area contributed by atoms with Crippen LogP contribution >= 0.6 is 11.6 Å².